The van der Waals surface area contributed by atoms with Crippen LogP contribution in [0.2, 0.25) is 0 Å². The van der Waals surface area contributed by atoms with Crippen LogP contribution in [0.5, 0.6) is 0 Å². The molecule has 442 valence electrons. The first-order valence-corrected chi connectivity index (χ1v) is 26.6. The number of aromatic nitrogens is 1. The number of allylic oxidation sites excluding steroid dienone is 1. The van der Waals surface area contributed by atoms with E-state index in [0.29, 0.717) is 85.9 Å². The average molecular weight is 1150 g/mol. The van der Waals surface area contributed by atoms with Crippen LogP contribution in [0.15, 0.2) is 65.8 Å². The molecule has 6 atom stereocenters. The molecule has 1 aromatic heterocycles. The molecule has 3 aliphatic rings. The molecule has 2 aromatic carbocycles. The highest BCUT2D eigenvalue weighted by Crippen LogP contribution is 2.46. The molecule has 2 amide bonds. The fourth-order valence-electron chi connectivity index (χ4n) is 10.1. The Morgan fingerprint density at radius 1 is 0.864 bits per heavy atom. The number of nitrogens with two attached hydrogens (primary N) is 1. The highest BCUT2D eigenvalue weighted by molar-refractivity contribution is 5.90. The molecule has 14 nitrogen and oxygen atoms in total. The summed E-state index contributed by atoms with van der Waals surface area (Å²) in [5.74, 6) is -3.75. The third kappa shape index (κ3) is 16.0. The smallest absolute Gasteiger partial charge is 0.396 e. The number of ketones is 2. The first-order valence-electron chi connectivity index (χ1n) is 26.6. The van der Waals surface area contributed by atoms with E-state index in [2.05, 4.69) is 42.4 Å². The summed E-state index contributed by atoms with van der Waals surface area (Å²) in [5.41, 5.74) is 2.07. The van der Waals surface area contributed by atoms with E-state index < -0.39 is 126 Å². The van der Waals surface area contributed by atoms with Crippen LogP contribution in [-0.4, -0.2) is 132 Å². The van der Waals surface area contributed by atoms with Crippen LogP contribution in [0.3, 0.4) is 0 Å². The number of amides is 2. The van der Waals surface area contributed by atoms with E-state index >= 15 is 8.78 Å². The van der Waals surface area contributed by atoms with Crippen molar-refractivity contribution in [3.63, 3.8) is 0 Å². The minimum absolute atomic E-state index is 0.274. The van der Waals surface area contributed by atoms with Gasteiger partial charge < -0.3 is 25.8 Å². The second-order valence-corrected chi connectivity index (χ2v) is 21.9. The number of nitrogens with one attached hydrogen (secondary N) is 2. The number of carbonyl (C=O) groups excluding carboxylic acids is 4. The van der Waals surface area contributed by atoms with Crippen LogP contribution in [0.1, 0.15) is 108 Å². The number of rotatable bonds is 24. The Morgan fingerprint density at radius 3 is 1.98 bits per heavy atom. The summed E-state index contributed by atoms with van der Waals surface area (Å²) in [6.45, 7) is 3.49. The highest BCUT2D eigenvalue weighted by Gasteiger charge is 2.57. The third-order valence-electron chi connectivity index (χ3n) is 15.6. The van der Waals surface area contributed by atoms with Crippen molar-refractivity contribution >= 4 is 41.1 Å². The standard InChI is InChI=1S/C57H68F10N8O6/c1-7-41(76)25-43(54(3,4)56(62,63)64)52(80)72-74(29-42-44(58)22-36(23-45(42)59)46(68)19-20-69-53(60)61)30-48(78)37(24-47(77)51(71-50(79)8-2)55(5,6)57(65,66)67)21-34-12-9-33(10-13-34)11-14-35-15-18-49(70-26-35)73-27-38-16-17-39(28-73)75(38)40-31-81-32-40/h9-10,12-13,15,18-20,22-23,26,37-40,43,48,51,53,78H,7-8,16-17,21,24-25,27-32,68H2,1-6H3,(H,71,79)(H,72,80)/t37-,38?,39?,43-,48+,51-/m1/s1. The monoisotopic (exact) mass is 1150 g/mol. The molecule has 5 N–H and O–H groups in total. The van der Waals surface area contributed by atoms with E-state index in [1.807, 2.05) is 12.1 Å². The molecular formula is C57H68F10N8O6. The zero-order chi connectivity index (χ0) is 59.8. The summed E-state index contributed by atoms with van der Waals surface area (Å²) in [7, 11) is 0. The van der Waals surface area contributed by atoms with Crippen LogP contribution in [0, 0.1) is 46.1 Å². The van der Waals surface area contributed by atoms with E-state index in [1.54, 1.807) is 30.5 Å². The number of nitrogens with zero attached hydrogens (tertiary/aromatic N) is 5. The van der Waals surface area contributed by atoms with Crippen LogP contribution in [0.25, 0.3) is 5.70 Å². The number of pyridine rings is 1. The van der Waals surface area contributed by atoms with Gasteiger partial charge in [-0.1, -0.05) is 51.7 Å². The van der Waals surface area contributed by atoms with Gasteiger partial charge in [-0.15, -0.1) is 0 Å². The Morgan fingerprint density at radius 2 is 1.46 bits per heavy atom. The average Bonchev–Trinajstić information content (AvgIpc) is 3.79. The van der Waals surface area contributed by atoms with Crippen molar-refractivity contribution in [1.29, 1.82) is 0 Å². The predicted octanol–water partition coefficient (Wildman–Crippen LogP) is 8.47. The number of aliphatic hydroxyl groups is 1. The van der Waals surface area contributed by atoms with Crippen molar-refractivity contribution in [3.8, 4) is 11.8 Å². The molecule has 3 saturated heterocycles. The van der Waals surface area contributed by atoms with Gasteiger partial charge in [-0.3, -0.25) is 29.5 Å². The second-order valence-electron chi connectivity index (χ2n) is 21.9. The zero-order valence-corrected chi connectivity index (χ0v) is 45.7. The summed E-state index contributed by atoms with van der Waals surface area (Å²) in [5, 5.41) is 15.0. The number of aliphatic imine (C=N–C) groups is 1. The van der Waals surface area contributed by atoms with Gasteiger partial charge in [-0.25, -0.2) is 23.8 Å². The molecule has 3 aromatic rings. The fraction of sp³-hybridized carbons (Fsp3) is 0.544. The van der Waals surface area contributed by atoms with Gasteiger partial charge in [0, 0.05) is 104 Å². The maximum Gasteiger partial charge on any atom is 0.396 e. The molecule has 0 radical (unpaired) electrons. The molecular weight excluding hydrogens is 1080 g/mol. The largest absolute Gasteiger partial charge is 0.398 e. The van der Waals surface area contributed by atoms with Gasteiger partial charge in [0.05, 0.1) is 42.1 Å². The lowest BCUT2D eigenvalue weighted by atomic mass is 9.74. The lowest BCUT2D eigenvalue weighted by Crippen LogP contribution is -2.62. The number of anilines is 1. The molecule has 0 aliphatic carbocycles. The van der Waals surface area contributed by atoms with Crippen molar-refractivity contribution < 1.29 is 72.9 Å². The molecule has 3 aliphatic heterocycles. The number of halogens is 10. The maximum atomic E-state index is 16.0. The van der Waals surface area contributed by atoms with Gasteiger partial charge in [0.1, 0.15) is 29.3 Å². The van der Waals surface area contributed by atoms with Crippen molar-refractivity contribution in [1.82, 2.24) is 25.6 Å². The molecule has 0 spiro atoms. The van der Waals surface area contributed by atoms with E-state index in [1.165, 1.54) is 13.8 Å². The van der Waals surface area contributed by atoms with Crippen molar-refractivity contribution in [3.05, 3.63) is 100 Å². The van der Waals surface area contributed by atoms with Gasteiger partial charge in [-0.05, 0) is 87.1 Å². The number of benzene rings is 2. The number of hydrogen-bond donors (Lipinski definition) is 4. The van der Waals surface area contributed by atoms with E-state index in [-0.39, 0.29) is 24.8 Å². The molecule has 4 heterocycles. The Kier molecular flexibility index (Phi) is 21.0. The van der Waals surface area contributed by atoms with Crippen molar-refractivity contribution in [2.75, 3.05) is 37.7 Å². The van der Waals surface area contributed by atoms with Crippen LogP contribution in [-0.2, 0) is 36.9 Å². The SMILES string of the molecule is CCC(=O)C[C@H](C(=O)NN(Cc1c(F)cc(C(N)=CC=NC(F)F)cc1F)C[C@H](O)[C@@H](CC(=O)[C@@H](NC(=O)CC)C(C)(C)C(F)(F)F)Cc1ccc(C#Cc2ccc(N3CC4CCC(C3)N4C3COC3)nc2)cc1)C(C)(C)C(F)(F)F. The number of fused-ring (bicyclic) bond motifs is 2. The Labute approximate surface area is 463 Å². The minimum atomic E-state index is -5.10. The number of piperazine rings is 1. The molecule has 3 fully saturated rings. The van der Waals surface area contributed by atoms with Gasteiger partial charge in [0.25, 0.3) is 0 Å². The summed E-state index contributed by atoms with van der Waals surface area (Å²) in [4.78, 5) is 66.1. The normalized spacial score (nSPS) is 19.0. The number of ether oxygens (including phenoxy) is 1. The first-order chi connectivity index (χ1) is 37.9. The maximum absolute atomic E-state index is 16.0. The first kappa shape index (κ1) is 63.8. The predicted molar refractivity (Wildman–Crippen MR) is 282 cm³/mol. The minimum Gasteiger partial charge on any atom is -0.398 e. The summed E-state index contributed by atoms with van der Waals surface area (Å²) in [6, 6.07) is 10.6. The molecule has 2 bridgehead atoms. The van der Waals surface area contributed by atoms with Crippen molar-refractivity contribution in [2.45, 2.75) is 142 Å². The zero-order valence-electron chi connectivity index (χ0n) is 45.7. The number of carbonyl (C=O) groups is 4. The highest BCUT2D eigenvalue weighted by atomic mass is 19.4. The number of hydrogen-bond acceptors (Lipinski definition) is 12. The van der Waals surface area contributed by atoms with Gasteiger partial charge >= 0.3 is 18.9 Å². The van der Waals surface area contributed by atoms with Crippen molar-refractivity contribution in [2.24, 2.45) is 33.4 Å². The van der Waals surface area contributed by atoms with Crippen LogP contribution >= 0.6 is 0 Å². The summed E-state index contributed by atoms with van der Waals surface area (Å²) >= 11 is 0. The van der Waals surface area contributed by atoms with Gasteiger partial charge in [-0.2, -0.15) is 35.1 Å². The van der Waals surface area contributed by atoms with E-state index in [4.69, 9.17) is 10.5 Å². The number of aliphatic hydroxyl groups excluding tert-OH is 1. The number of Topliss-reactive ketones (excluding diaryl/α,β-unsaturated/α-hetero) is 2. The lowest BCUT2D eigenvalue weighted by Gasteiger charge is -2.47. The quantitative estimate of drug-likeness (QED) is 0.0222. The lowest BCUT2D eigenvalue weighted by molar-refractivity contribution is -0.230. The molecule has 0 saturated carbocycles. The molecule has 2 unspecified atom stereocenters. The topological polar surface area (TPSA) is 183 Å². The Balaban J connectivity index is 1.31. The van der Waals surface area contributed by atoms with Crippen LogP contribution < -0.4 is 21.4 Å². The summed E-state index contributed by atoms with van der Waals surface area (Å²) < 4.78 is 150. The molecule has 81 heavy (non-hydrogen) atoms. The Bertz CT molecular complexity index is 2790. The van der Waals surface area contributed by atoms with Gasteiger partial charge in [0.15, 0.2) is 5.78 Å². The number of hydrazine groups is 1. The fourth-order valence-corrected chi connectivity index (χ4v) is 10.1. The van der Waals surface area contributed by atoms with Gasteiger partial charge in [0.2, 0.25) is 11.8 Å². The molecule has 24 heteroatoms. The van der Waals surface area contributed by atoms with Crippen LogP contribution in [0.4, 0.5) is 49.7 Å². The second kappa shape index (κ2) is 26.7. The summed E-state index contributed by atoms with van der Waals surface area (Å²) in [6.07, 6.45) is -9.57. The van der Waals surface area contributed by atoms with E-state index in [0.717, 1.165) is 51.0 Å². The molecule has 6 rings (SSSR count). The Hall–Kier alpha value is -6.42. The number of alkyl halides is 8. The van der Waals surface area contributed by atoms with E-state index in [9.17, 15) is 59.4 Å². The third-order valence-corrected chi connectivity index (χ3v) is 15.6.